The van der Waals surface area contributed by atoms with Gasteiger partial charge in [-0.15, -0.1) is 0 Å². The van der Waals surface area contributed by atoms with Crippen molar-refractivity contribution in [1.82, 2.24) is 15.8 Å². The molecule has 0 unspecified atom stereocenters. The lowest BCUT2D eigenvalue weighted by Crippen LogP contribution is -2.47. The Hall–Kier alpha value is -1.36. The van der Waals surface area contributed by atoms with Gasteiger partial charge in [-0.25, -0.2) is 0 Å². The minimum absolute atomic E-state index is 0.134. The molecule has 1 rings (SSSR count). The average molecular weight is 253 g/mol. The van der Waals surface area contributed by atoms with Gasteiger partial charge in [-0.1, -0.05) is 18.5 Å². The number of unbranched alkanes of at least 4 members (excludes halogenated alkanes) is 1. The Morgan fingerprint density at radius 1 is 1.50 bits per heavy atom. The summed E-state index contributed by atoms with van der Waals surface area (Å²) in [6.07, 6.45) is 2.97. The lowest BCUT2D eigenvalue weighted by Gasteiger charge is -2.23. The van der Waals surface area contributed by atoms with E-state index in [9.17, 15) is 4.79 Å². The summed E-state index contributed by atoms with van der Waals surface area (Å²) in [5, 5.41) is 9.75. The monoisotopic (exact) mass is 253 g/mol. The predicted octanol–water partition coefficient (Wildman–Crippen LogP) is 1.74. The SMILES string of the molecule is CCCCc1cc(C(=O)NCC(C)(C)NC)no1. The Kier molecular flexibility index (Phi) is 5.34. The molecule has 0 spiro atoms. The second-order valence-corrected chi connectivity index (χ2v) is 5.10. The lowest BCUT2D eigenvalue weighted by molar-refractivity contribution is 0.0934. The summed E-state index contributed by atoms with van der Waals surface area (Å²) in [6.45, 7) is 6.69. The summed E-state index contributed by atoms with van der Waals surface area (Å²) in [6, 6.07) is 1.72. The van der Waals surface area contributed by atoms with Gasteiger partial charge >= 0.3 is 0 Å². The third kappa shape index (κ3) is 4.49. The zero-order valence-corrected chi connectivity index (χ0v) is 11.7. The maximum atomic E-state index is 11.8. The Labute approximate surface area is 108 Å². The molecular weight excluding hydrogens is 230 g/mol. The summed E-state index contributed by atoms with van der Waals surface area (Å²) in [7, 11) is 1.87. The molecule has 0 saturated carbocycles. The van der Waals surface area contributed by atoms with Crippen LogP contribution < -0.4 is 10.6 Å². The number of hydrogen-bond acceptors (Lipinski definition) is 4. The summed E-state index contributed by atoms with van der Waals surface area (Å²) in [5.74, 6) is 0.583. The number of likely N-dealkylation sites (N-methyl/N-ethyl adjacent to an activating group) is 1. The molecule has 1 heterocycles. The minimum Gasteiger partial charge on any atom is -0.361 e. The van der Waals surface area contributed by atoms with Crippen molar-refractivity contribution in [3.05, 3.63) is 17.5 Å². The summed E-state index contributed by atoms with van der Waals surface area (Å²) in [5.41, 5.74) is 0.220. The van der Waals surface area contributed by atoms with Crippen LogP contribution in [0, 0.1) is 0 Å². The molecule has 1 amide bonds. The van der Waals surface area contributed by atoms with E-state index in [1.54, 1.807) is 6.07 Å². The maximum absolute atomic E-state index is 11.8. The van der Waals surface area contributed by atoms with Crippen LogP contribution in [0.3, 0.4) is 0 Å². The normalized spacial score (nSPS) is 11.6. The first kappa shape index (κ1) is 14.7. The molecule has 0 atom stereocenters. The average Bonchev–Trinajstić information content (AvgIpc) is 2.82. The second-order valence-electron chi connectivity index (χ2n) is 5.10. The second kappa shape index (κ2) is 6.54. The molecule has 0 aliphatic rings. The number of carbonyl (C=O) groups is 1. The van der Waals surface area contributed by atoms with Crippen molar-refractivity contribution < 1.29 is 9.32 Å². The first-order valence-corrected chi connectivity index (χ1v) is 6.41. The van der Waals surface area contributed by atoms with Crippen molar-refractivity contribution in [1.29, 1.82) is 0 Å². The smallest absolute Gasteiger partial charge is 0.273 e. The van der Waals surface area contributed by atoms with E-state index in [1.807, 2.05) is 20.9 Å². The van der Waals surface area contributed by atoms with Crippen LogP contribution in [-0.2, 0) is 6.42 Å². The third-order valence-corrected chi connectivity index (χ3v) is 2.94. The van der Waals surface area contributed by atoms with Crippen molar-refractivity contribution in [3.8, 4) is 0 Å². The van der Waals surface area contributed by atoms with E-state index in [0.717, 1.165) is 25.0 Å². The van der Waals surface area contributed by atoms with Crippen molar-refractivity contribution >= 4 is 5.91 Å². The molecule has 18 heavy (non-hydrogen) atoms. The molecule has 0 aliphatic heterocycles. The van der Waals surface area contributed by atoms with Gasteiger partial charge in [-0.05, 0) is 27.3 Å². The zero-order valence-electron chi connectivity index (χ0n) is 11.7. The van der Waals surface area contributed by atoms with Crippen LogP contribution in [0.2, 0.25) is 0 Å². The fourth-order valence-electron chi connectivity index (χ4n) is 1.37. The number of rotatable bonds is 7. The highest BCUT2D eigenvalue weighted by Gasteiger charge is 2.18. The first-order valence-electron chi connectivity index (χ1n) is 6.41. The predicted molar refractivity (Wildman–Crippen MR) is 70.6 cm³/mol. The molecule has 0 aromatic carbocycles. The molecule has 2 N–H and O–H groups in total. The Bertz CT molecular complexity index is 385. The Morgan fingerprint density at radius 2 is 2.22 bits per heavy atom. The van der Waals surface area contributed by atoms with E-state index in [4.69, 9.17) is 4.52 Å². The molecule has 102 valence electrons. The third-order valence-electron chi connectivity index (χ3n) is 2.94. The molecule has 5 nitrogen and oxygen atoms in total. The fourth-order valence-corrected chi connectivity index (χ4v) is 1.37. The molecule has 0 radical (unpaired) electrons. The number of amides is 1. The van der Waals surface area contributed by atoms with E-state index >= 15 is 0 Å². The van der Waals surface area contributed by atoms with Gasteiger partial charge < -0.3 is 15.2 Å². The largest absolute Gasteiger partial charge is 0.361 e. The van der Waals surface area contributed by atoms with Crippen LogP contribution >= 0.6 is 0 Å². The maximum Gasteiger partial charge on any atom is 0.273 e. The molecule has 5 heteroatoms. The van der Waals surface area contributed by atoms with Crippen molar-refractivity contribution in [2.75, 3.05) is 13.6 Å². The van der Waals surface area contributed by atoms with Gasteiger partial charge in [0, 0.05) is 24.6 Å². The van der Waals surface area contributed by atoms with Crippen LogP contribution in [0.1, 0.15) is 49.9 Å². The van der Waals surface area contributed by atoms with Gasteiger partial charge in [0.25, 0.3) is 5.91 Å². The van der Waals surface area contributed by atoms with Gasteiger partial charge in [0.15, 0.2) is 5.69 Å². The van der Waals surface area contributed by atoms with Crippen molar-refractivity contribution in [2.45, 2.75) is 45.6 Å². The zero-order chi connectivity index (χ0) is 13.6. The summed E-state index contributed by atoms with van der Waals surface area (Å²) >= 11 is 0. The lowest BCUT2D eigenvalue weighted by atomic mass is 10.1. The topological polar surface area (TPSA) is 67.2 Å². The number of nitrogens with zero attached hydrogens (tertiary/aromatic N) is 1. The number of carbonyl (C=O) groups excluding carboxylic acids is 1. The number of aromatic nitrogens is 1. The molecular formula is C13H23N3O2. The van der Waals surface area contributed by atoms with E-state index in [-0.39, 0.29) is 11.4 Å². The standard InChI is InChI=1S/C13H23N3O2/c1-5-6-7-10-8-11(16-18-10)12(17)15-9-13(2,3)14-4/h8,14H,5-7,9H2,1-4H3,(H,15,17). The molecule has 0 fully saturated rings. The highest BCUT2D eigenvalue weighted by molar-refractivity contribution is 5.92. The van der Waals surface area contributed by atoms with Gasteiger partial charge in [0.05, 0.1) is 0 Å². The van der Waals surface area contributed by atoms with Gasteiger partial charge in [0.1, 0.15) is 5.76 Å². The summed E-state index contributed by atoms with van der Waals surface area (Å²) < 4.78 is 5.12. The Morgan fingerprint density at radius 3 is 2.83 bits per heavy atom. The molecule has 0 saturated heterocycles. The first-order chi connectivity index (χ1) is 8.48. The van der Waals surface area contributed by atoms with Crippen LogP contribution in [0.25, 0.3) is 0 Å². The van der Waals surface area contributed by atoms with Crippen LogP contribution in [0.5, 0.6) is 0 Å². The van der Waals surface area contributed by atoms with Crippen molar-refractivity contribution in [3.63, 3.8) is 0 Å². The molecule has 0 bridgehead atoms. The quantitative estimate of drug-likeness (QED) is 0.777. The van der Waals surface area contributed by atoms with Crippen LogP contribution in [0.15, 0.2) is 10.6 Å². The van der Waals surface area contributed by atoms with Gasteiger partial charge in [-0.2, -0.15) is 0 Å². The molecule has 1 aromatic heterocycles. The van der Waals surface area contributed by atoms with Gasteiger partial charge in [0.2, 0.25) is 0 Å². The van der Waals surface area contributed by atoms with E-state index < -0.39 is 0 Å². The van der Waals surface area contributed by atoms with E-state index in [1.165, 1.54) is 0 Å². The Balaban J connectivity index is 2.49. The summed E-state index contributed by atoms with van der Waals surface area (Å²) in [4.78, 5) is 11.8. The van der Waals surface area contributed by atoms with Gasteiger partial charge in [-0.3, -0.25) is 4.79 Å². The minimum atomic E-state index is -0.190. The number of nitrogens with one attached hydrogen (secondary N) is 2. The fraction of sp³-hybridized carbons (Fsp3) is 0.692. The van der Waals surface area contributed by atoms with Crippen molar-refractivity contribution in [2.24, 2.45) is 0 Å². The number of aryl methyl sites for hydroxylation is 1. The van der Waals surface area contributed by atoms with Crippen LogP contribution in [0.4, 0.5) is 0 Å². The number of hydrogen-bond donors (Lipinski definition) is 2. The van der Waals surface area contributed by atoms with E-state index in [2.05, 4.69) is 22.7 Å². The highest BCUT2D eigenvalue weighted by Crippen LogP contribution is 2.08. The van der Waals surface area contributed by atoms with E-state index in [0.29, 0.717) is 12.2 Å². The molecule has 0 aliphatic carbocycles. The highest BCUT2D eigenvalue weighted by atomic mass is 16.5. The molecule has 1 aromatic rings. The van der Waals surface area contributed by atoms with Crippen LogP contribution in [-0.4, -0.2) is 30.2 Å².